The van der Waals surface area contributed by atoms with E-state index in [4.69, 9.17) is 5.11 Å². The molecule has 2 N–H and O–H groups in total. The van der Waals surface area contributed by atoms with E-state index in [-0.39, 0.29) is 37.6 Å². The topological polar surface area (TPSA) is 93.2 Å². The van der Waals surface area contributed by atoms with Crippen LogP contribution in [0, 0.1) is 0 Å². The predicted octanol–water partition coefficient (Wildman–Crippen LogP) is 4.05. The fourth-order valence-electron chi connectivity index (χ4n) is 4.29. The zero-order valence-electron chi connectivity index (χ0n) is 20.8. The first-order valence-corrected chi connectivity index (χ1v) is 12.0. The van der Waals surface area contributed by atoms with Gasteiger partial charge in [0.25, 0.3) is 0 Å². The van der Waals surface area contributed by atoms with Crippen molar-refractivity contribution in [2.24, 2.45) is 0 Å². The number of carbonyl (C=O) groups excluding carboxylic acids is 2. The number of hydrogen-bond donors (Lipinski definition) is 2. The molecule has 0 fully saturated rings. The normalized spacial score (nSPS) is 13.1. The van der Waals surface area contributed by atoms with Gasteiger partial charge in [-0.05, 0) is 35.2 Å². The molecule has 0 saturated heterocycles. The molecule has 0 atom stereocenters. The lowest BCUT2D eigenvalue weighted by Gasteiger charge is -2.30. The highest BCUT2D eigenvalue weighted by molar-refractivity contribution is 5.81. The maximum absolute atomic E-state index is 13.5. The van der Waals surface area contributed by atoms with Gasteiger partial charge in [-0.1, -0.05) is 37.3 Å². The lowest BCUT2D eigenvalue weighted by atomic mass is 9.97. The molecule has 8 nitrogen and oxygen atoms in total. The molecule has 3 rings (SSSR count). The van der Waals surface area contributed by atoms with E-state index in [1.165, 1.54) is 30.1 Å². The van der Waals surface area contributed by atoms with Crippen LogP contribution in [0.5, 0.6) is 0 Å². The summed E-state index contributed by atoms with van der Waals surface area (Å²) >= 11 is 0. The number of amides is 3. The largest absolute Gasteiger partial charge is 0.465 e. The Kier molecular flexibility index (Phi) is 9.01. The number of likely N-dealkylation sites (N-methyl/N-ethyl adjacent to an activating group) is 1. The zero-order chi connectivity index (χ0) is 27.2. The minimum Gasteiger partial charge on any atom is -0.465 e. The number of fused-ring (bicyclic) bond motifs is 1. The SMILES string of the molecule is CCC(=O)N1CCc2c(cccc2NCC(=O)N(CCN(C)C(=O)O)Cc2ccccc2C(F)(F)F)C1. The Morgan fingerprint density at radius 3 is 2.49 bits per heavy atom. The maximum atomic E-state index is 13.5. The summed E-state index contributed by atoms with van der Waals surface area (Å²) in [5.41, 5.74) is 1.79. The highest BCUT2D eigenvalue weighted by Gasteiger charge is 2.33. The summed E-state index contributed by atoms with van der Waals surface area (Å²) in [6.45, 7) is 2.23. The summed E-state index contributed by atoms with van der Waals surface area (Å²) in [5, 5.41) is 12.2. The van der Waals surface area contributed by atoms with Crippen LogP contribution in [0.3, 0.4) is 0 Å². The van der Waals surface area contributed by atoms with E-state index in [0.717, 1.165) is 27.8 Å². The highest BCUT2D eigenvalue weighted by atomic mass is 19.4. The van der Waals surface area contributed by atoms with Crippen molar-refractivity contribution in [1.29, 1.82) is 0 Å². The molecule has 1 heterocycles. The first-order valence-electron chi connectivity index (χ1n) is 12.0. The molecule has 0 bridgehead atoms. The van der Waals surface area contributed by atoms with Crippen molar-refractivity contribution >= 4 is 23.6 Å². The van der Waals surface area contributed by atoms with Gasteiger partial charge in [-0.3, -0.25) is 9.59 Å². The third-order valence-corrected chi connectivity index (χ3v) is 6.42. The summed E-state index contributed by atoms with van der Waals surface area (Å²) in [5.74, 6) is -0.396. The van der Waals surface area contributed by atoms with Crippen molar-refractivity contribution in [1.82, 2.24) is 14.7 Å². The standard InChI is InChI=1S/C26H31F3N4O4/c1-3-23(34)32-12-11-20-18(16-32)8-6-10-22(20)30-15-24(35)33(14-13-31(2)25(36)37)17-19-7-4-5-9-21(19)26(27,28)29/h4-10,30H,3,11-17H2,1-2H3,(H,36,37). The Balaban J connectivity index is 1.76. The number of halogens is 3. The Morgan fingerprint density at radius 2 is 1.81 bits per heavy atom. The van der Waals surface area contributed by atoms with Gasteiger partial charge in [-0.25, -0.2) is 4.79 Å². The van der Waals surface area contributed by atoms with Crippen LogP contribution >= 0.6 is 0 Å². The summed E-state index contributed by atoms with van der Waals surface area (Å²) in [7, 11) is 1.33. The number of benzene rings is 2. The zero-order valence-corrected chi connectivity index (χ0v) is 20.8. The second-order valence-electron chi connectivity index (χ2n) is 8.89. The molecule has 1 aliphatic heterocycles. The molecule has 1 aliphatic rings. The molecule has 0 aliphatic carbocycles. The van der Waals surface area contributed by atoms with E-state index in [0.29, 0.717) is 25.9 Å². The third kappa shape index (κ3) is 7.14. The van der Waals surface area contributed by atoms with E-state index < -0.39 is 23.7 Å². The summed E-state index contributed by atoms with van der Waals surface area (Å²) in [4.78, 5) is 40.4. The minimum atomic E-state index is -4.59. The molecule has 0 spiro atoms. The molecular formula is C26H31F3N4O4. The average molecular weight is 521 g/mol. The van der Waals surface area contributed by atoms with Gasteiger partial charge in [-0.15, -0.1) is 0 Å². The van der Waals surface area contributed by atoms with Crippen LogP contribution in [0.15, 0.2) is 42.5 Å². The van der Waals surface area contributed by atoms with Crippen LogP contribution in [0.4, 0.5) is 23.7 Å². The molecule has 0 saturated carbocycles. The van der Waals surface area contributed by atoms with Crippen LogP contribution in [0.25, 0.3) is 0 Å². The maximum Gasteiger partial charge on any atom is 0.416 e. The number of carboxylic acid groups (broad SMARTS) is 1. The first kappa shape index (κ1) is 27.8. The number of rotatable bonds is 9. The van der Waals surface area contributed by atoms with Gasteiger partial charge in [-0.2, -0.15) is 13.2 Å². The molecule has 2 aromatic carbocycles. The van der Waals surface area contributed by atoms with Crippen molar-refractivity contribution in [3.8, 4) is 0 Å². The van der Waals surface area contributed by atoms with Gasteiger partial charge in [0.2, 0.25) is 11.8 Å². The van der Waals surface area contributed by atoms with E-state index in [1.54, 1.807) is 4.90 Å². The summed E-state index contributed by atoms with van der Waals surface area (Å²) in [6.07, 6.45) is -4.75. The molecule has 0 radical (unpaired) electrons. The molecule has 2 aromatic rings. The Labute approximate surface area is 213 Å². The monoisotopic (exact) mass is 520 g/mol. The number of nitrogens with zero attached hydrogens (tertiary/aromatic N) is 3. The Morgan fingerprint density at radius 1 is 1.08 bits per heavy atom. The molecule has 3 amide bonds. The van der Waals surface area contributed by atoms with E-state index in [9.17, 15) is 27.6 Å². The smallest absolute Gasteiger partial charge is 0.416 e. The Hall–Kier alpha value is -3.76. The molecule has 0 unspecified atom stereocenters. The number of nitrogens with one attached hydrogen (secondary N) is 1. The van der Waals surface area contributed by atoms with Gasteiger partial charge in [0.15, 0.2) is 0 Å². The lowest BCUT2D eigenvalue weighted by molar-refractivity contribution is -0.139. The van der Waals surface area contributed by atoms with E-state index in [1.807, 2.05) is 25.1 Å². The van der Waals surface area contributed by atoms with Crippen LogP contribution in [-0.4, -0.2) is 70.9 Å². The number of alkyl halides is 3. The highest BCUT2D eigenvalue weighted by Crippen LogP contribution is 2.32. The summed E-state index contributed by atoms with van der Waals surface area (Å²) < 4.78 is 40.6. The van der Waals surface area contributed by atoms with Crippen LogP contribution < -0.4 is 5.32 Å². The molecule has 11 heteroatoms. The van der Waals surface area contributed by atoms with Crippen molar-refractivity contribution in [2.75, 3.05) is 38.5 Å². The quantitative estimate of drug-likeness (QED) is 0.521. The molecule has 200 valence electrons. The van der Waals surface area contributed by atoms with Gasteiger partial charge in [0, 0.05) is 51.9 Å². The van der Waals surface area contributed by atoms with Crippen LogP contribution in [0.2, 0.25) is 0 Å². The van der Waals surface area contributed by atoms with Crippen molar-refractivity contribution in [3.63, 3.8) is 0 Å². The third-order valence-electron chi connectivity index (χ3n) is 6.42. The molecule has 0 aromatic heterocycles. The van der Waals surface area contributed by atoms with Gasteiger partial charge in [0.1, 0.15) is 0 Å². The second kappa shape index (κ2) is 12.0. The van der Waals surface area contributed by atoms with Gasteiger partial charge >= 0.3 is 12.3 Å². The fraction of sp³-hybridized carbons (Fsp3) is 0.423. The van der Waals surface area contributed by atoms with Crippen molar-refractivity contribution in [2.45, 2.75) is 39.0 Å². The van der Waals surface area contributed by atoms with Crippen molar-refractivity contribution in [3.05, 3.63) is 64.7 Å². The second-order valence-corrected chi connectivity index (χ2v) is 8.89. The van der Waals surface area contributed by atoms with E-state index in [2.05, 4.69) is 5.32 Å². The summed E-state index contributed by atoms with van der Waals surface area (Å²) in [6, 6.07) is 10.6. The molecular weight excluding hydrogens is 489 g/mol. The van der Waals surface area contributed by atoms with Crippen LogP contribution in [-0.2, 0) is 35.3 Å². The minimum absolute atomic E-state index is 0.0582. The predicted molar refractivity (Wildman–Crippen MR) is 132 cm³/mol. The fourth-order valence-corrected chi connectivity index (χ4v) is 4.29. The average Bonchev–Trinajstić information content (AvgIpc) is 2.88. The van der Waals surface area contributed by atoms with E-state index >= 15 is 0 Å². The van der Waals surface area contributed by atoms with Gasteiger partial charge < -0.3 is 25.1 Å². The lowest BCUT2D eigenvalue weighted by Crippen LogP contribution is -2.41. The van der Waals surface area contributed by atoms with Crippen LogP contribution in [0.1, 0.15) is 35.6 Å². The Bertz CT molecular complexity index is 1140. The first-order chi connectivity index (χ1) is 17.5. The number of anilines is 1. The molecule has 37 heavy (non-hydrogen) atoms. The number of carbonyl (C=O) groups is 3. The van der Waals surface area contributed by atoms with Crippen molar-refractivity contribution < 1.29 is 32.7 Å². The number of hydrogen-bond acceptors (Lipinski definition) is 4. The van der Waals surface area contributed by atoms with Gasteiger partial charge in [0.05, 0.1) is 12.1 Å².